The van der Waals surface area contributed by atoms with Gasteiger partial charge in [-0.25, -0.2) is 0 Å². The van der Waals surface area contributed by atoms with E-state index in [9.17, 15) is 9.67 Å². The van der Waals surface area contributed by atoms with E-state index in [4.69, 9.17) is 19.5 Å². The molecule has 3 N–H and O–H groups in total. The highest BCUT2D eigenvalue weighted by Crippen LogP contribution is 2.47. The second-order valence-corrected chi connectivity index (χ2v) is 9.98. The summed E-state index contributed by atoms with van der Waals surface area (Å²) in [6.07, 6.45) is -0.217. The molecule has 0 aliphatic rings. The van der Waals surface area contributed by atoms with Crippen molar-refractivity contribution in [1.29, 1.82) is 0 Å². The average Bonchev–Trinajstić information content (AvgIpc) is 2.82. The summed E-state index contributed by atoms with van der Waals surface area (Å²) in [5, 5.41) is 10.9. The minimum atomic E-state index is -3.25. The van der Waals surface area contributed by atoms with Crippen LogP contribution in [0.3, 0.4) is 0 Å². The second kappa shape index (κ2) is 14.6. The van der Waals surface area contributed by atoms with Gasteiger partial charge in [0.15, 0.2) is 0 Å². The van der Waals surface area contributed by atoms with E-state index in [1.807, 2.05) is 48.5 Å². The lowest BCUT2D eigenvalue weighted by Crippen LogP contribution is -2.46. The van der Waals surface area contributed by atoms with Crippen molar-refractivity contribution >= 4 is 7.60 Å². The number of aliphatic hydroxyl groups excluding tert-OH is 1. The highest BCUT2D eigenvalue weighted by Gasteiger charge is 2.26. The van der Waals surface area contributed by atoms with E-state index in [-0.39, 0.29) is 12.4 Å². The molecule has 2 rings (SSSR count). The Morgan fingerprint density at radius 2 is 1.58 bits per heavy atom. The molecule has 0 aliphatic carbocycles. The number of rotatable bonds is 16. The third-order valence-electron chi connectivity index (χ3n) is 5.48. The highest BCUT2D eigenvalue weighted by molar-refractivity contribution is 7.53. The maximum atomic E-state index is 12.6. The van der Waals surface area contributed by atoms with Gasteiger partial charge in [0.2, 0.25) is 0 Å². The van der Waals surface area contributed by atoms with Crippen LogP contribution < -0.4 is 5.73 Å². The van der Waals surface area contributed by atoms with Gasteiger partial charge < -0.3 is 24.6 Å². The van der Waals surface area contributed by atoms with E-state index in [1.165, 1.54) is 0 Å². The summed E-state index contributed by atoms with van der Waals surface area (Å²) in [6, 6.07) is 19.7. The Kier molecular flexibility index (Phi) is 12.3. The Bertz CT molecular complexity index is 814. The lowest BCUT2D eigenvalue weighted by Gasteiger charge is -2.33. The van der Waals surface area contributed by atoms with Gasteiger partial charge in [-0.1, -0.05) is 60.7 Å². The molecule has 0 fully saturated rings. The zero-order valence-electron chi connectivity index (χ0n) is 20.0. The predicted octanol–water partition coefficient (Wildman–Crippen LogP) is 4.22. The lowest BCUT2D eigenvalue weighted by molar-refractivity contribution is 0.0487. The first-order chi connectivity index (χ1) is 15.9. The molecule has 0 spiro atoms. The first-order valence-corrected chi connectivity index (χ1v) is 13.3. The van der Waals surface area contributed by atoms with E-state index in [0.29, 0.717) is 39.3 Å². The molecule has 2 aromatic rings. The van der Waals surface area contributed by atoms with Crippen LogP contribution in [0.2, 0.25) is 0 Å². The molecule has 2 aromatic carbocycles. The van der Waals surface area contributed by atoms with Crippen molar-refractivity contribution in [2.24, 2.45) is 5.73 Å². The van der Waals surface area contributed by atoms with E-state index >= 15 is 0 Å². The molecule has 0 radical (unpaired) electrons. The number of nitrogens with zero attached hydrogens (tertiary/aromatic N) is 1. The van der Waals surface area contributed by atoms with Gasteiger partial charge in [0.05, 0.1) is 25.9 Å². The molecular formula is C25H39N2O5P. The van der Waals surface area contributed by atoms with Gasteiger partial charge in [-0.3, -0.25) is 9.46 Å². The number of nitrogens with two attached hydrogens (primary N) is 1. The van der Waals surface area contributed by atoms with Crippen LogP contribution in [0.15, 0.2) is 60.7 Å². The molecule has 0 heterocycles. The van der Waals surface area contributed by atoms with E-state index < -0.39 is 19.7 Å². The van der Waals surface area contributed by atoms with Gasteiger partial charge in [0, 0.05) is 25.2 Å². The minimum Gasteiger partial charge on any atom is -0.390 e. The number of hydrogen-bond acceptors (Lipinski definition) is 7. The fraction of sp³-hybridized carbons (Fsp3) is 0.520. The molecule has 33 heavy (non-hydrogen) atoms. The number of benzene rings is 2. The third-order valence-corrected chi connectivity index (χ3v) is 7.29. The molecule has 7 nitrogen and oxygen atoms in total. The summed E-state index contributed by atoms with van der Waals surface area (Å²) in [6.45, 7) is 7.47. The van der Waals surface area contributed by atoms with Crippen molar-refractivity contribution in [1.82, 2.24) is 4.90 Å². The van der Waals surface area contributed by atoms with E-state index in [0.717, 1.165) is 11.1 Å². The normalized spacial score (nSPS) is 14.8. The van der Waals surface area contributed by atoms with Gasteiger partial charge in [-0.15, -0.1) is 0 Å². The molecule has 184 valence electrons. The maximum absolute atomic E-state index is 12.6. The van der Waals surface area contributed by atoms with Gasteiger partial charge in [0.1, 0.15) is 6.35 Å². The van der Waals surface area contributed by atoms with Gasteiger partial charge in [-0.2, -0.15) is 0 Å². The average molecular weight is 479 g/mol. The van der Waals surface area contributed by atoms with E-state index in [2.05, 4.69) is 24.0 Å². The number of aliphatic hydroxyl groups is 1. The molecule has 0 bridgehead atoms. The Labute approximate surface area is 198 Å². The Morgan fingerprint density at radius 1 is 1.00 bits per heavy atom. The second-order valence-electron chi connectivity index (χ2n) is 7.99. The zero-order chi connectivity index (χ0) is 24.1. The van der Waals surface area contributed by atoms with Crippen LogP contribution in [-0.4, -0.2) is 61.4 Å². The molecule has 0 saturated carbocycles. The molecular weight excluding hydrogens is 439 g/mol. The standard InChI is InChI=1S/C25H39N2O5P/c1-4-31-33(29,32-5-2)20-30-17-16-27(21(3)23-14-10-7-11-15-23)19-25(28)24(26)18-22-12-8-6-9-13-22/h6-15,21,24-25,28H,4-5,16-20,26H2,1-3H3/t21?,24-,25-/m0/s1. The molecule has 0 aromatic heterocycles. The maximum Gasteiger partial charge on any atom is 0.356 e. The number of ether oxygens (including phenoxy) is 1. The predicted molar refractivity (Wildman–Crippen MR) is 132 cm³/mol. The monoisotopic (exact) mass is 478 g/mol. The largest absolute Gasteiger partial charge is 0.390 e. The molecule has 0 amide bonds. The molecule has 3 atom stereocenters. The smallest absolute Gasteiger partial charge is 0.356 e. The highest BCUT2D eigenvalue weighted by atomic mass is 31.2. The van der Waals surface area contributed by atoms with Crippen LogP contribution >= 0.6 is 7.60 Å². The summed E-state index contributed by atoms with van der Waals surface area (Å²) in [5.41, 5.74) is 8.57. The van der Waals surface area contributed by atoms with Gasteiger partial charge >= 0.3 is 7.60 Å². The fourth-order valence-electron chi connectivity index (χ4n) is 3.65. The number of hydrogen-bond donors (Lipinski definition) is 2. The van der Waals surface area contributed by atoms with Crippen LogP contribution in [0.5, 0.6) is 0 Å². The van der Waals surface area contributed by atoms with Gasteiger partial charge in [-0.05, 0) is 38.3 Å². The SMILES string of the molecule is CCOP(=O)(COCCN(C[C@H](O)[C@@H](N)Cc1ccccc1)C(C)c1ccccc1)OCC. The summed E-state index contributed by atoms with van der Waals surface area (Å²) in [7, 11) is -3.25. The van der Waals surface area contributed by atoms with Crippen molar-refractivity contribution in [3.63, 3.8) is 0 Å². The summed E-state index contributed by atoms with van der Waals surface area (Å²) in [5.74, 6) is 0. The zero-order valence-corrected chi connectivity index (χ0v) is 20.9. The lowest BCUT2D eigenvalue weighted by atomic mass is 10.0. The molecule has 1 unspecified atom stereocenters. The van der Waals surface area contributed by atoms with Crippen LogP contribution in [0, 0.1) is 0 Å². The summed E-state index contributed by atoms with van der Waals surface area (Å²) in [4.78, 5) is 2.14. The summed E-state index contributed by atoms with van der Waals surface area (Å²) < 4.78 is 28.9. The molecule has 8 heteroatoms. The van der Waals surface area contributed by atoms with Gasteiger partial charge in [0.25, 0.3) is 0 Å². The van der Waals surface area contributed by atoms with Crippen molar-refractivity contribution < 1.29 is 23.5 Å². The quantitative estimate of drug-likeness (QED) is 0.276. The topological polar surface area (TPSA) is 94.2 Å². The van der Waals surface area contributed by atoms with Crippen LogP contribution in [0.25, 0.3) is 0 Å². The van der Waals surface area contributed by atoms with Crippen LogP contribution in [0.4, 0.5) is 0 Å². The van der Waals surface area contributed by atoms with Crippen molar-refractivity contribution in [2.75, 3.05) is 39.3 Å². The van der Waals surface area contributed by atoms with E-state index in [1.54, 1.807) is 13.8 Å². The van der Waals surface area contributed by atoms with Crippen molar-refractivity contribution in [2.45, 2.75) is 45.4 Å². The third kappa shape index (κ3) is 9.67. The first-order valence-electron chi connectivity index (χ1n) is 11.6. The molecule has 0 saturated heterocycles. The van der Waals surface area contributed by atoms with Crippen molar-refractivity contribution in [3.8, 4) is 0 Å². The first kappa shape index (κ1) is 27.7. The van der Waals surface area contributed by atoms with Crippen LogP contribution in [-0.2, 0) is 24.8 Å². The summed E-state index contributed by atoms with van der Waals surface area (Å²) >= 11 is 0. The van der Waals surface area contributed by atoms with Crippen molar-refractivity contribution in [3.05, 3.63) is 71.8 Å². The van der Waals surface area contributed by atoms with Crippen LogP contribution in [0.1, 0.15) is 37.9 Å². The molecule has 0 aliphatic heterocycles. The minimum absolute atomic E-state index is 0.0407. The fourth-order valence-corrected chi connectivity index (χ4v) is 5.01. The Hall–Kier alpha value is -1.57. The Balaban J connectivity index is 2.00. The Morgan fingerprint density at radius 3 is 2.15 bits per heavy atom.